The lowest BCUT2D eigenvalue weighted by molar-refractivity contribution is -0.150. The predicted molar refractivity (Wildman–Crippen MR) is 81.8 cm³/mol. The van der Waals surface area contributed by atoms with Gasteiger partial charge in [-0.3, -0.25) is 4.79 Å². The summed E-state index contributed by atoms with van der Waals surface area (Å²) >= 11 is 0. The van der Waals surface area contributed by atoms with Crippen molar-refractivity contribution in [2.75, 3.05) is 6.54 Å². The van der Waals surface area contributed by atoms with Crippen molar-refractivity contribution in [3.8, 4) is 0 Å². The van der Waals surface area contributed by atoms with Gasteiger partial charge in [0.25, 0.3) is 0 Å². The largest absolute Gasteiger partial charge is 0.457 e. The Morgan fingerprint density at radius 2 is 1.86 bits per heavy atom. The molecule has 3 heteroatoms. The summed E-state index contributed by atoms with van der Waals surface area (Å²) in [7, 11) is 0. The standard InChI is InChI=1S/C18H19NO2/c1-13(14-7-3-2-4-8-14)21-18(20)17-12-19-11-15-9-5-6-10-16(15)17/h2-10,13,17,19H,11-12H2,1H3. The summed E-state index contributed by atoms with van der Waals surface area (Å²) in [6.45, 7) is 3.36. The van der Waals surface area contributed by atoms with Crippen LogP contribution >= 0.6 is 0 Å². The van der Waals surface area contributed by atoms with E-state index >= 15 is 0 Å². The fraction of sp³-hybridized carbons (Fsp3) is 0.278. The minimum absolute atomic E-state index is 0.161. The van der Waals surface area contributed by atoms with Gasteiger partial charge in [-0.2, -0.15) is 0 Å². The third-order valence-electron chi connectivity index (χ3n) is 3.94. The van der Waals surface area contributed by atoms with E-state index in [-0.39, 0.29) is 18.0 Å². The molecule has 0 radical (unpaired) electrons. The van der Waals surface area contributed by atoms with Crippen molar-refractivity contribution >= 4 is 5.97 Å². The van der Waals surface area contributed by atoms with E-state index in [1.807, 2.05) is 55.5 Å². The van der Waals surface area contributed by atoms with Crippen LogP contribution in [-0.2, 0) is 16.1 Å². The number of ether oxygens (including phenoxy) is 1. The van der Waals surface area contributed by atoms with Crippen molar-refractivity contribution in [3.63, 3.8) is 0 Å². The van der Waals surface area contributed by atoms with Crippen LogP contribution in [0.25, 0.3) is 0 Å². The molecule has 3 rings (SSSR count). The molecule has 0 saturated heterocycles. The van der Waals surface area contributed by atoms with Crippen LogP contribution in [0.4, 0.5) is 0 Å². The van der Waals surface area contributed by atoms with E-state index < -0.39 is 0 Å². The van der Waals surface area contributed by atoms with E-state index in [1.165, 1.54) is 5.56 Å². The van der Waals surface area contributed by atoms with E-state index in [0.717, 1.165) is 17.7 Å². The first-order chi connectivity index (χ1) is 10.3. The molecule has 2 unspecified atom stereocenters. The van der Waals surface area contributed by atoms with Crippen molar-refractivity contribution < 1.29 is 9.53 Å². The number of benzene rings is 2. The lowest BCUT2D eigenvalue weighted by atomic mass is 9.91. The van der Waals surface area contributed by atoms with Crippen molar-refractivity contribution in [1.29, 1.82) is 0 Å². The molecule has 0 amide bonds. The number of carbonyl (C=O) groups excluding carboxylic acids is 1. The summed E-state index contributed by atoms with van der Waals surface area (Å²) in [5.41, 5.74) is 3.28. The van der Waals surface area contributed by atoms with Gasteiger partial charge in [-0.05, 0) is 23.6 Å². The molecule has 108 valence electrons. The Labute approximate surface area is 124 Å². The number of hydrogen-bond donors (Lipinski definition) is 1. The molecule has 1 heterocycles. The monoisotopic (exact) mass is 281 g/mol. The van der Waals surface area contributed by atoms with Gasteiger partial charge in [0.15, 0.2) is 0 Å². The first-order valence-corrected chi connectivity index (χ1v) is 7.29. The molecule has 21 heavy (non-hydrogen) atoms. The van der Waals surface area contributed by atoms with Crippen molar-refractivity contribution in [2.24, 2.45) is 0 Å². The van der Waals surface area contributed by atoms with Gasteiger partial charge >= 0.3 is 5.97 Å². The van der Waals surface area contributed by atoms with Gasteiger partial charge in [0.2, 0.25) is 0 Å². The van der Waals surface area contributed by atoms with Gasteiger partial charge in [0, 0.05) is 13.1 Å². The second-order valence-electron chi connectivity index (χ2n) is 5.37. The van der Waals surface area contributed by atoms with E-state index in [0.29, 0.717) is 6.54 Å². The molecule has 0 aromatic heterocycles. The molecule has 2 aromatic carbocycles. The second kappa shape index (κ2) is 6.10. The van der Waals surface area contributed by atoms with Gasteiger partial charge in [0.1, 0.15) is 6.10 Å². The second-order valence-corrected chi connectivity index (χ2v) is 5.37. The zero-order chi connectivity index (χ0) is 14.7. The molecule has 2 atom stereocenters. The highest BCUT2D eigenvalue weighted by atomic mass is 16.5. The van der Waals surface area contributed by atoms with Crippen molar-refractivity contribution in [2.45, 2.75) is 25.5 Å². The summed E-state index contributed by atoms with van der Waals surface area (Å²) in [5, 5.41) is 3.28. The molecule has 3 nitrogen and oxygen atoms in total. The normalized spacial score (nSPS) is 18.6. The fourth-order valence-electron chi connectivity index (χ4n) is 2.76. The number of hydrogen-bond acceptors (Lipinski definition) is 3. The SMILES string of the molecule is CC(OC(=O)C1CNCc2ccccc21)c1ccccc1. The smallest absolute Gasteiger partial charge is 0.315 e. The van der Waals surface area contributed by atoms with Gasteiger partial charge in [0.05, 0.1) is 5.92 Å². The molecular weight excluding hydrogens is 262 g/mol. The van der Waals surface area contributed by atoms with E-state index in [1.54, 1.807) is 0 Å². The number of carbonyl (C=O) groups is 1. The molecule has 0 bridgehead atoms. The molecule has 1 N–H and O–H groups in total. The highest BCUT2D eigenvalue weighted by Gasteiger charge is 2.28. The highest BCUT2D eigenvalue weighted by Crippen LogP contribution is 2.27. The topological polar surface area (TPSA) is 38.3 Å². The molecule has 1 aliphatic rings. The Hall–Kier alpha value is -2.13. The Kier molecular flexibility index (Phi) is 4.02. The molecule has 1 aliphatic heterocycles. The number of esters is 1. The zero-order valence-corrected chi connectivity index (χ0v) is 12.1. The van der Waals surface area contributed by atoms with Crippen LogP contribution in [-0.4, -0.2) is 12.5 Å². The van der Waals surface area contributed by atoms with Crippen LogP contribution < -0.4 is 5.32 Å². The summed E-state index contributed by atoms with van der Waals surface area (Å²) in [6.07, 6.45) is -0.229. The summed E-state index contributed by atoms with van der Waals surface area (Å²) < 4.78 is 5.65. The summed E-state index contributed by atoms with van der Waals surface area (Å²) in [4.78, 5) is 12.5. The minimum Gasteiger partial charge on any atom is -0.457 e. The minimum atomic E-state index is -0.229. The van der Waals surface area contributed by atoms with Crippen molar-refractivity contribution in [3.05, 3.63) is 71.3 Å². The maximum atomic E-state index is 12.5. The van der Waals surface area contributed by atoms with Crippen LogP contribution in [0, 0.1) is 0 Å². The molecule has 0 fully saturated rings. The van der Waals surface area contributed by atoms with Crippen LogP contribution in [0.2, 0.25) is 0 Å². The molecule has 0 aliphatic carbocycles. The molecule has 0 spiro atoms. The Balaban J connectivity index is 1.75. The van der Waals surface area contributed by atoms with Crippen LogP contribution in [0.1, 0.15) is 35.6 Å². The quantitative estimate of drug-likeness (QED) is 0.878. The number of fused-ring (bicyclic) bond motifs is 1. The maximum absolute atomic E-state index is 12.5. The van der Waals surface area contributed by atoms with E-state index in [9.17, 15) is 4.79 Å². The number of rotatable bonds is 3. The van der Waals surface area contributed by atoms with Crippen LogP contribution in [0.15, 0.2) is 54.6 Å². The van der Waals surface area contributed by atoms with Crippen molar-refractivity contribution in [1.82, 2.24) is 5.32 Å². The van der Waals surface area contributed by atoms with Crippen LogP contribution in [0.3, 0.4) is 0 Å². The van der Waals surface area contributed by atoms with Gasteiger partial charge < -0.3 is 10.1 Å². The first kappa shape index (κ1) is 13.8. The van der Waals surface area contributed by atoms with Gasteiger partial charge in [-0.25, -0.2) is 0 Å². The van der Waals surface area contributed by atoms with Gasteiger partial charge in [-0.15, -0.1) is 0 Å². The van der Waals surface area contributed by atoms with Gasteiger partial charge in [-0.1, -0.05) is 54.6 Å². The van der Waals surface area contributed by atoms with E-state index in [2.05, 4.69) is 11.4 Å². The third kappa shape index (κ3) is 2.98. The lowest BCUT2D eigenvalue weighted by Gasteiger charge is -2.26. The molecule has 0 saturated carbocycles. The Morgan fingerprint density at radius 1 is 1.14 bits per heavy atom. The average Bonchev–Trinajstić information content (AvgIpc) is 2.55. The Morgan fingerprint density at radius 3 is 2.67 bits per heavy atom. The third-order valence-corrected chi connectivity index (χ3v) is 3.94. The Bertz CT molecular complexity index is 624. The molecular formula is C18H19NO2. The average molecular weight is 281 g/mol. The highest BCUT2D eigenvalue weighted by molar-refractivity contribution is 5.79. The maximum Gasteiger partial charge on any atom is 0.315 e. The van der Waals surface area contributed by atoms with E-state index in [4.69, 9.17) is 4.74 Å². The molecule has 2 aromatic rings. The predicted octanol–water partition coefficient (Wildman–Crippen LogP) is 3.18. The number of nitrogens with one attached hydrogen (secondary N) is 1. The fourth-order valence-corrected chi connectivity index (χ4v) is 2.76. The lowest BCUT2D eigenvalue weighted by Crippen LogP contribution is -2.33. The first-order valence-electron chi connectivity index (χ1n) is 7.29. The van der Waals surface area contributed by atoms with Crippen LogP contribution in [0.5, 0.6) is 0 Å². The zero-order valence-electron chi connectivity index (χ0n) is 12.1. The summed E-state index contributed by atoms with van der Waals surface area (Å²) in [6, 6.07) is 17.9. The summed E-state index contributed by atoms with van der Waals surface area (Å²) in [5.74, 6) is -0.382.